The number of ether oxygens (including phenoxy) is 1. The predicted molar refractivity (Wildman–Crippen MR) is 90.4 cm³/mol. The van der Waals surface area contributed by atoms with Crippen LogP contribution in [0.15, 0.2) is 64.1 Å². The lowest BCUT2D eigenvalue weighted by Crippen LogP contribution is -2.23. The fourth-order valence-electron chi connectivity index (χ4n) is 2.18. The molecule has 0 fully saturated rings. The highest BCUT2D eigenvalue weighted by Crippen LogP contribution is 2.24. The zero-order valence-electron chi connectivity index (χ0n) is 12.1. The number of halogens is 1. The minimum Gasteiger partial charge on any atom is -0.425 e. The van der Waals surface area contributed by atoms with Crippen molar-refractivity contribution < 1.29 is 9.53 Å². The average molecular weight is 373 g/mol. The van der Waals surface area contributed by atoms with E-state index in [-0.39, 0.29) is 18.5 Å². The van der Waals surface area contributed by atoms with Gasteiger partial charge in [-0.1, -0.05) is 24.3 Å². The monoisotopic (exact) mass is 372 g/mol. The Morgan fingerprint density at radius 1 is 1.13 bits per heavy atom. The van der Waals surface area contributed by atoms with Crippen LogP contribution in [0.2, 0.25) is 0 Å². The first-order chi connectivity index (χ1) is 11.1. The smallest absolute Gasteiger partial charge is 0.313 e. The van der Waals surface area contributed by atoms with Crippen LogP contribution in [0.4, 0.5) is 0 Å². The second kappa shape index (κ2) is 6.75. The minimum absolute atomic E-state index is 0.0846. The van der Waals surface area contributed by atoms with E-state index in [2.05, 4.69) is 20.9 Å². The summed E-state index contributed by atoms with van der Waals surface area (Å²) >= 11 is 3.32. The molecule has 0 radical (unpaired) electrons. The maximum atomic E-state index is 12.3. The second-order valence-corrected chi connectivity index (χ2v) is 5.77. The number of para-hydroxylation sites is 2. The molecule has 116 valence electrons. The standard InChI is InChI=1S/C17H13BrN2O3/c18-13-6-2-4-8-15(13)23-16(21)9-10-20-11-19-14-7-3-1-5-12(14)17(20)22/h1-8,11H,9-10H2. The molecule has 6 heteroatoms. The van der Waals surface area contributed by atoms with E-state index >= 15 is 0 Å². The van der Waals surface area contributed by atoms with E-state index in [4.69, 9.17) is 4.74 Å². The second-order valence-electron chi connectivity index (χ2n) is 4.91. The van der Waals surface area contributed by atoms with Crippen molar-refractivity contribution in [2.45, 2.75) is 13.0 Å². The first kappa shape index (κ1) is 15.4. The van der Waals surface area contributed by atoms with Crippen molar-refractivity contribution in [3.63, 3.8) is 0 Å². The summed E-state index contributed by atoms with van der Waals surface area (Å²) in [6.45, 7) is 0.222. The highest BCUT2D eigenvalue weighted by molar-refractivity contribution is 9.10. The third-order valence-electron chi connectivity index (χ3n) is 3.35. The third-order valence-corrected chi connectivity index (χ3v) is 4.00. The van der Waals surface area contributed by atoms with Crippen molar-refractivity contribution in [1.29, 1.82) is 0 Å². The molecule has 0 aliphatic carbocycles. The number of aryl methyl sites for hydroxylation is 1. The fraction of sp³-hybridized carbons (Fsp3) is 0.118. The van der Waals surface area contributed by atoms with Crippen LogP contribution in [0.5, 0.6) is 5.75 Å². The number of carbonyl (C=O) groups excluding carboxylic acids is 1. The van der Waals surface area contributed by atoms with Crippen molar-refractivity contribution in [2.75, 3.05) is 0 Å². The van der Waals surface area contributed by atoms with E-state index < -0.39 is 5.97 Å². The quantitative estimate of drug-likeness (QED) is 0.521. The van der Waals surface area contributed by atoms with Crippen molar-refractivity contribution >= 4 is 32.8 Å². The number of esters is 1. The van der Waals surface area contributed by atoms with Crippen LogP contribution in [0, 0.1) is 0 Å². The van der Waals surface area contributed by atoms with Gasteiger partial charge in [0.15, 0.2) is 0 Å². The summed E-state index contributed by atoms with van der Waals surface area (Å²) in [5.41, 5.74) is 0.480. The highest BCUT2D eigenvalue weighted by Gasteiger charge is 2.09. The Balaban J connectivity index is 1.71. The zero-order valence-corrected chi connectivity index (χ0v) is 13.7. The van der Waals surface area contributed by atoms with Crippen LogP contribution in [0.25, 0.3) is 10.9 Å². The summed E-state index contributed by atoms with van der Waals surface area (Å²) in [6, 6.07) is 14.2. The summed E-state index contributed by atoms with van der Waals surface area (Å²) in [6.07, 6.45) is 1.54. The van der Waals surface area contributed by atoms with Crippen LogP contribution in [0.1, 0.15) is 6.42 Å². The molecule has 0 atom stereocenters. The molecule has 1 heterocycles. The van der Waals surface area contributed by atoms with Gasteiger partial charge in [-0.3, -0.25) is 14.2 Å². The third kappa shape index (κ3) is 3.48. The van der Waals surface area contributed by atoms with Gasteiger partial charge in [-0.25, -0.2) is 4.98 Å². The topological polar surface area (TPSA) is 61.2 Å². The molecule has 23 heavy (non-hydrogen) atoms. The van der Waals surface area contributed by atoms with Crippen molar-refractivity contribution in [1.82, 2.24) is 9.55 Å². The van der Waals surface area contributed by atoms with E-state index in [9.17, 15) is 9.59 Å². The van der Waals surface area contributed by atoms with Gasteiger partial charge in [-0.05, 0) is 40.2 Å². The maximum Gasteiger partial charge on any atom is 0.313 e. The van der Waals surface area contributed by atoms with E-state index in [0.29, 0.717) is 21.1 Å². The Hall–Kier alpha value is -2.47. The zero-order chi connectivity index (χ0) is 16.2. The molecule has 0 amide bonds. The molecule has 0 spiro atoms. The van der Waals surface area contributed by atoms with Crippen LogP contribution in [-0.4, -0.2) is 15.5 Å². The average Bonchev–Trinajstić information content (AvgIpc) is 2.57. The Kier molecular flexibility index (Phi) is 4.52. The normalized spacial score (nSPS) is 10.7. The van der Waals surface area contributed by atoms with Crippen LogP contribution < -0.4 is 10.3 Å². The molecule has 0 N–H and O–H groups in total. The Labute approximate surface area is 140 Å². The molecule has 0 aliphatic rings. The van der Waals surface area contributed by atoms with E-state index in [1.54, 1.807) is 36.4 Å². The molecule has 1 aromatic heterocycles. The first-order valence-corrected chi connectivity index (χ1v) is 7.84. The van der Waals surface area contributed by atoms with Crippen molar-refractivity contribution in [3.8, 4) is 5.75 Å². The molecule has 0 aliphatic heterocycles. The molecule has 5 nitrogen and oxygen atoms in total. The van der Waals surface area contributed by atoms with E-state index in [1.165, 1.54) is 10.9 Å². The number of carbonyl (C=O) groups is 1. The molecular formula is C17H13BrN2O3. The minimum atomic E-state index is -0.406. The van der Waals surface area contributed by atoms with Gasteiger partial charge in [0, 0.05) is 6.54 Å². The largest absolute Gasteiger partial charge is 0.425 e. The summed E-state index contributed by atoms with van der Waals surface area (Å²) < 4.78 is 7.40. The predicted octanol–water partition coefficient (Wildman–Crippen LogP) is 3.15. The van der Waals surface area contributed by atoms with Gasteiger partial charge >= 0.3 is 5.97 Å². The Morgan fingerprint density at radius 3 is 2.70 bits per heavy atom. The lowest BCUT2D eigenvalue weighted by Gasteiger charge is -2.08. The van der Waals surface area contributed by atoms with Crippen LogP contribution >= 0.6 is 15.9 Å². The summed E-state index contributed by atoms with van der Waals surface area (Å²) in [7, 11) is 0. The Morgan fingerprint density at radius 2 is 1.87 bits per heavy atom. The number of fused-ring (bicyclic) bond motifs is 1. The number of benzene rings is 2. The van der Waals surface area contributed by atoms with E-state index in [0.717, 1.165) is 0 Å². The molecule has 0 saturated carbocycles. The molecule has 3 rings (SSSR count). The summed E-state index contributed by atoms with van der Waals surface area (Å²) in [5, 5.41) is 0.536. The number of hydrogen-bond donors (Lipinski definition) is 0. The van der Waals surface area contributed by atoms with Gasteiger partial charge < -0.3 is 4.74 Å². The van der Waals surface area contributed by atoms with Crippen LogP contribution in [0.3, 0.4) is 0 Å². The highest BCUT2D eigenvalue weighted by atomic mass is 79.9. The van der Waals surface area contributed by atoms with Crippen molar-refractivity contribution in [3.05, 3.63) is 69.7 Å². The SMILES string of the molecule is O=C(CCn1cnc2ccccc2c1=O)Oc1ccccc1Br. The van der Waals surface area contributed by atoms with Gasteiger partial charge in [-0.2, -0.15) is 0 Å². The fourth-order valence-corrected chi connectivity index (χ4v) is 2.54. The number of nitrogens with zero attached hydrogens (tertiary/aromatic N) is 2. The maximum absolute atomic E-state index is 12.3. The number of rotatable bonds is 4. The lowest BCUT2D eigenvalue weighted by atomic mass is 10.2. The lowest BCUT2D eigenvalue weighted by molar-refractivity contribution is -0.134. The van der Waals surface area contributed by atoms with E-state index in [1.807, 2.05) is 12.1 Å². The van der Waals surface area contributed by atoms with Gasteiger partial charge in [0.2, 0.25) is 0 Å². The van der Waals surface area contributed by atoms with Gasteiger partial charge in [-0.15, -0.1) is 0 Å². The molecule has 2 aromatic carbocycles. The van der Waals surface area contributed by atoms with Crippen LogP contribution in [-0.2, 0) is 11.3 Å². The van der Waals surface area contributed by atoms with Gasteiger partial charge in [0.1, 0.15) is 5.75 Å². The summed E-state index contributed by atoms with van der Waals surface area (Å²) in [4.78, 5) is 28.5. The number of aromatic nitrogens is 2. The summed E-state index contributed by atoms with van der Waals surface area (Å²) in [5.74, 6) is 0.0541. The van der Waals surface area contributed by atoms with Gasteiger partial charge in [0.05, 0.1) is 28.1 Å². The van der Waals surface area contributed by atoms with Crippen molar-refractivity contribution in [2.24, 2.45) is 0 Å². The molecule has 0 saturated heterocycles. The Bertz CT molecular complexity index is 921. The molecule has 0 unspecified atom stereocenters. The molecule has 0 bridgehead atoms. The molecular weight excluding hydrogens is 360 g/mol. The van der Waals surface area contributed by atoms with Gasteiger partial charge in [0.25, 0.3) is 5.56 Å². The first-order valence-electron chi connectivity index (χ1n) is 7.04. The number of hydrogen-bond acceptors (Lipinski definition) is 4. The molecule has 3 aromatic rings.